The third kappa shape index (κ3) is 4.07. The molecule has 6 nitrogen and oxygen atoms in total. The van der Waals surface area contributed by atoms with Crippen molar-refractivity contribution in [3.63, 3.8) is 0 Å². The van der Waals surface area contributed by atoms with E-state index in [1.165, 1.54) is 0 Å². The van der Waals surface area contributed by atoms with Gasteiger partial charge in [-0.3, -0.25) is 9.89 Å². The Morgan fingerprint density at radius 1 is 1.21 bits per heavy atom. The van der Waals surface area contributed by atoms with Crippen LogP contribution in [0.3, 0.4) is 0 Å². The van der Waals surface area contributed by atoms with Crippen LogP contribution in [0, 0.1) is 12.3 Å². The van der Waals surface area contributed by atoms with Crippen molar-refractivity contribution < 1.29 is 14.3 Å². The number of carbonyl (C=O) groups excluding carboxylic acids is 1. The van der Waals surface area contributed by atoms with Gasteiger partial charge in [0.05, 0.1) is 25.6 Å². The van der Waals surface area contributed by atoms with Gasteiger partial charge in [-0.15, -0.1) is 0 Å². The predicted octanol–water partition coefficient (Wildman–Crippen LogP) is 3.78. The van der Waals surface area contributed by atoms with E-state index in [-0.39, 0.29) is 11.3 Å². The van der Waals surface area contributed by atoms with Crippen LogP contribution in [0.25, 0.3) is 11.3 Å². The molecule has 0 fully saturated rings. The van der Waals surface area contributed by atoms with Crippen molar-refractivity contribution in [3.05, 3.63) is 23.9 Å². The Balaban J connectivity index is 2.34. The molecule has 2 N–H and O–H groups in total. The van der Waals surface area contributed by atoms with Crippen molar-refractivity contribution in [2.45, 2.75) is 34.1 Å². The van der Waals surface area contributed by atoms with Gasteiger partial charge < -0.3 is 14.8 Å². The molecule has 0 radical (unpaired) electrons. The maximum Gasteiger partial charge on any atom is 0.225 e. The summed E-state index contributed by atoms with van der Waals surface area (Å²) in [7, 11) is 3.18. The summed E-state index contributed by atoms with van der Waals surface area (Å²) in [6.45, 7) is 7.97. The third-order valence-corrected chi connectivity index (χ3v) is 3.56. The van der Waals surface area contributed by atoms with Gasteiger partial charge in [0.2, 0.25) is 5.91 Å². The van der Waals surface area contributed by atoms with Crippen LogP contribution in [0.1, 0.15) is 32.9 Å². The van der Waals surface area contributed by atoms with E-state index in [1.54, 1.807) is 14.2 Å². The lowest BCUT2D eigenvalue weighted by Gasteiger charge is -2.17. The molecule has 1 amide bonds. The molecule has 6 heteroatoms. The molecule has 0 aliphatic heterocycles. The minimum absolute atomic E-state index is 0.0336. The number of methoxy groups -OCH3 is 2. The van der Waals surface area contributed by atoms with Crippen LogP contribution in [0.15, 0.2) is 18.2 Å². The number of ether oxygens (including phenoxy) is 2. The first kappa shape index (κ1) is 17.8. The number of amides is 1. The van der Waals surface area contributed by atoms with Crippen molar-refractivity contribution in [1.29, 1.82) is 0 Å². The van der Waals surface area contributed by atoms with E-state index in [2.05, 4.69) is 15.5 Å². The Kier molecular flexibility index (Phi) is 5.17. The van der Waals surface area contributed by atoms with Gasteiger partial charge in [0.15, 0.2) is 11.5 Å². The predicted molar refractivity (Wildman–Crippen MR) is 94.6 cm³/mol. The molecule has 0 aliphatic rings. The van der Waals surface area contributed by atoms with Crippen LogP contribution < -0.4 is 14.8 Å². The molecule has 2 rings (SSSR count). The number of rotatable bonds is 5. The summed E-state index contributed by atoms with van der Waals surface area (Å²) in [6, 6.07) is 5.54. The summed E-state index contributed by atoms with van der Waals surface area (Å²) in [5, 5.41) is 10.2. The first-order valence-electron chi connectivity index (χ1n) is 7.82. The van der Waals surface area contributed by atoms with E-state index in [9.17, 15) is 4.79 Å². The fraction of sp³-hybridized carbons (Fsp3) is 0.444. The van der Waals surface area contributed by atoms with Crippen LogP contribution in [0.5, 0.6) is 11.5 Å². The van der Waals surface area contributed by atoms with E-state index in [0.717, 1.165) is 11.3 Å². The lowest BCUT2D eigenvalue weighted by Crippen LogP contribution is -2.20. The van der Waals surface area contributed by atoms with Crippen molar-refractivity contribution in [1.82, 2.24) is 10.2 Å². The van der Waals surface area contributed by atoms with Gasteiger partial charge in [-0.1, -0.05) is 20.8 Å². The molecule has 0 spiro atoms. The number of nitrogens with zero attached hydrogens (tertiary/aromatic N) is 1. The van der Waals surface area contributed by atoms with E-state index in [1.807, 2.05) is 45.9 Å². The third-order valence-electron chi connectivity index (χ3n) is 3.56. The molecule has 130 valence electrons. The molecule has 1 heterocycles. The quantitative estimate of drug-likeness (QED) is 0.874. The second-order valence-electron chi connectivity index (χ2n) is 6.93. The Bertz CT molecular complexity index is 730. The van der Waals surface area contributed by atoms with Gasteiger partial charge in [-0.2, -0.15) is 5.10 Å². The van der Waals surface area contributed by atoms with Crippen molar-refractivity contribution >= 4 is 11.6 Å². The zero-order chi connectivity index (χ0) is 17.9. The van der Waals surface area contributed by atoms with Crippen molar-refractivity contribution in [2.75, 3.05) is 19.5 Å². The highest BCUT2D eigenvalue weighted by Gasteiger charge is 2.20. The van der Waals surface area contributed by atoms with E-state index in [0.29, 0.717) is 29.3 Å². The van der Waals surface area contributed by atoms with Crippen LogP contribution >= 0.6 is 0 Å². The van der Waals surface area contributed by atoms with E-state index >= 15 is 0 Å². The Morgan fingerprint density at radius 3 is 2.46 bits per heavy atom. The highest BCUT2D eigenvalue weighted by Crippen LogP contribution is 2.35. The minimum atomic E-state index is -0.0782. The highest BCUT2D eigenvalue weighted by atomic mass is 16.5. The molecule has 0 saturated carbocycles. The largest absolute Gasteiger partial charge is 0.493 e. The number of nitrogens with one attached hydrogen (secondary N) is 2. The fourth-order valence-corrected chi connectivity index (χ4v) is 2.44. The van der Waals surface area contributed by atoms with Crippen LogP contribution in [-0.4, -0.2) is 30.3 Å². The zero-order valence-corrected chi connectivity index (χ0v) is 15.1. The first-order chi connectivity index (χ1) is 11.2. The van der Waals surface area contributed by atoms with Crippen LogP contribution in [0.2, 0.25) is 0 Å². The lowest BCUT2D eigenvalue weighted by atomic mass is 9.92. The molecular formula is C18H25N3O3. The zero-order valence-electron chi connectivity index (χ0n) is 15.1. The molecule has 0 bridgehead atoms. The molecular weight excluding hydrogens is 306 g/mol. The Morgan fingerprint density at radius 2 is 1.88 bits per heavy atom. The monoisotopic (exact) mass is 331 g/mol. The number of carbonyl (C=O) groups is 1. The number of aryl methyl sites for hydroxylation is 1. The standard InChI is InChI=1S/C18H25N3O3/c1-11-16(19-15(22)10-18(2,3)4)17(21-20-11)12-7-8-13(23-5)14(9-12)24-6/h7-9H,10H2,1-6H3,(H,19,22)(H,20,21). The number of benzene rings is 1. The molecule has 2 aromatic rings. The summed E-state index contributed by atoms with van der Waals surface area (Å²) in [5.74, 6) is 1.23. The first-order valence-corrected chi connectivity index (χ1v) is 7.82. The van der Waals surface area contributed by atoms with Gasteiger partial charge in [-0.25, -0.2) is 0 Å². The summed E-state index contributed by atoms with van der Waals surface area (Å²) < 4.78 is 10.6. The van der Waals surface area contributed by atoms with E-state index < -0.39 is 0 Å². The SMILES string of the molecule is COc1ccc(-c2n[nH]c(C)c2NC(=O)CC(C)(C)C)cc1OC. The second-order valence-corrected chi connectivity index (χ2v) is 6.93. The van der Waals surface area contributed by atoms with Gasteiger partial charge in [0.25, 0.3) is 0 Å². The molecule has 0 saturated heterocycles. The molecule has 1 aromatic heterocycles. The molecule has 24 heavy (non-hydrogen) atoms. The van der Waals surface area contributed by atoms with E-state index in [4.69, 9.17) is 9.47 Å². The Hall–Kier alpha value is -2.50. The molecule has 1 aromatic carbocycles. The second kappa shape index (κ2) is 6.95. The fourth-order valence-electron chi connectivity index (χ4n) is 2.44. The lowest BCUT2D eigenvalue weighted by molar-refractivity contribution is -0.117. The summed E-state index contributed by atoms with van der Waals surface area (Å²) in [5.41, 5.74) is 2.93. The number of hydrogen-bond donors (Lipinski definition) is 2. The van der Waals surface area contributed by atoms with Gasteiger partial charge in [-0.05, 0) is 30.5 Å². The average molecular weight is 331 g/mol. The average Bonchev–Trinajstić information content (AvgIpc) is 2.85. The maximum atomic E-state index is 12.3. The summed E-state index contributed by atoms with van der Waals surface area (Å²) in [4.78, 5) is 12.3. The highest BCUT2D eigenvalue weighted by molar-refractivity contribution is 5.95. The Labute approximate surface area is 142 Å². The molecule has 0 atom stereocenters. The smallest absolute Gasteiger partial charge is 0.225 e. The van der Waals surface area contributed by atoms with Crippen LogP contribution in [-0.2, 0) is 4.79 Å². The minimum Gasteiger partial charge on any atom is -0.493 e. The van der Waals surface area contributed by atoms with Gasteiger partial charge in [0.1, 0.15) is 5.69 Å². The molecule has 0 aliphatic carbocycles. The van der Waals surface area contributed by atoms with Crippen molar-refractivity contribution in [3.8, 4) is 22.8 Å². The number of anilines is 1. The number of H-pyrrole nitrogens is 1. The van der Waals surface area contributed by atoms with Gasteiger partial charge >= 0.3 is 0 Å². The van der Waals surface area contributed by atoms with Gasteiger partial charge in [0, 0.05) is 12.0 Å². The topological polar surface area (TPSA) is 76.2 Å². The normalized spacial score (nSPS) is 11.2. The number of hydrogen-bond acceptors (Lipinski definition) is 4. The summed E-state index contributed by atoms with van der Waals surface area (Å²) in [6.07, 6.45) is 0.434. The van der Waals surface area contributed by atoms with Crippen LogP contribution in [0.4, 0.5) is 5.69 Å². The number of aromatic amines is 1. The molecule has 0 unspecified atom stereocenters. The number of aromatic nitrogens is 2. The van der Waals surface area contributed by atoms with Crippen molar-refractivity contribution in [2.24, 2.45) is 5.41 Å². The summed E-state index contributed by atoms with van der Waals surface area (Å²) >= 11 is 0. The maximum absolute atomic E-state index is 12.3.